The number of hydrogen-bond acceptors (Lipinski definition) is 4. The lowest BCUT2D eigenvalue weighted by atomic mass is 9.85. The van der Waals surface area contributed by atoms with Crippen molar-refractivity contribution in [3.8, 4) is 0 Å². The predicted molar refractivity (Wildman–Crippen MR) is 79.9 cm³/mol. The quantitative estimate of drug-likeness (QED) is 0.625. The van der Waals surface area contributed by atoms with Crippen molar-refractivity contribution in [2.45, 2.75) is 39.8 Å². The fourth-order valence-corrected chi connectivity index (χ4v) is 2.21. The second-order valence-corrected chi connectivity index (χ2v) is 6.26. The Kier molecular flexibility index (Phi) is 5.92. The molecule has 1 aromatic rings. The van der Waals surface area contributed by atoms with E-state index in [1.165, 1.54) is 12.1 Å². The average molecular weight is 301 g/mol. The Labute approximate surface area is 124 Å². The molecule has 20 heavy (non-hydrogen) atoms. The number of nitro benzene ring substituents is 1. The smallest absolute Gasteiger partial charge is 0.288 e. The van der Waals surface area contributed by atoms with Crippen LogP contribution in [0.4, 0.5) is 5.69 Å². The molecule has 0 aliphatic heterocycles. The highest BCUT2D eigenvalue weighted by Crippen LogP contribution is 2.26. The van der Waals surface area contributed by atoms with Gasteiger partial charge in [-0.2, -0.15) is 0 Å². The van der Waals surface area contributed by atoms with Crippen LogP contribution in [0.25, 0.3) is 0 Å². The van der Waals surface area contributed by atoms with Crippen LogP contribution >= 0.6 is 11.6 Å². The van der Waals surface area contributed by atoms with E-state index in [1.807, 2.05) is 0 Å². The number of nitrogens with zero attached hydrogens (tertiary/aromatic N) is 1. The van der Waals surface area contributed by atoms with Crippen LogP contribution in [-0.2, 0) is 6.54 Å². The van der Waals surface area contributed by atoms with Gasteiger partial charge in [-0.05, 0) is 23.5 Å². The van der Waals surface area contributed by atoms with Gasteiger partial charge < -0.3 is 10.4 Å². The van der Waals surface area contributed by atoms with Crippen LogP contribution in [0.1, 0.15) is 32.8 Å². The van der Waals surface area contributed by atoms with E-state index < -0.39 is 4.92 Å². The van der Waals surface area contributed by atoms with Gasteiger partial charge in [-0.25, -0.2) is 0 Å². The summed E-state index contributed by atoms with van der Waals surface area (Å²) in [6.45, 7) is 6.87. The summed E-state index contributed by atoms with van der Waals surface area (Å²) in [6, 6.07) is 4.91. The maximum atomic E-state index is 10.8. The number of hydrogen-bond donors (Lipinski definition) is 2. The number of nitrogens with one attached hydrogen (secondary N) is 1. The third-order valence-electron chi connectivity index (χ3n) is 3.22. The van der Waals surface area contributed by atoms with E-state index in [0.29, 0.717) is 13.0 Å². The summed E-state index contributed by atoms with van der Waals surface area (Å²) >= 11 is 5.78. The van der Waals surface area contributed by atoms with Gasteiger partial charge >= 0.3 is 0 Å². The molecule has 1 unspecified atom stereocenters. The molecule has 0 bridgehead atoms. The SMILES string of the molecule is CC(C)(C)C(CCO)NCc1ccc(Cl)c([N+](=O)[O-])c1. The molecule has 1 atom stereocenters. The molecule has 0 aliphatic carbocycles. The zero-order valence-electron chi connectivity index (χ0n) is 12.0. The Morgan fingerprint density at radius 1 is 1.45 bits per heavy atom. The van der Waals surface area contributed by atoms with E-state index >= 15 is 0 Å². The van der Waals surface area contributed by atoms with E-state index in [2.05, 4.69) is 26.1 Å². The first kappa shape index (κ1) is 16.9. The molecular formula is C14H21ClN2O3. The normalized spacial score (nSPS) is 13.2. The second-order valence-electron chi connectivity index (χ2n) is 5.85. The number of aliphatic hydroxyl groups is 1. The van der Waals surface area contributed by atoms with Crippen molar-refractivity contribution in [2.75, 3.05) is 6.61 Å². The Morgan fingerprint density at radius 3 is 2.60 bits per heavy atom. The van der Waals surface area contributed by atoms with E-state index in [0.717, 1.165) is 5.56 Å². The van der Waals surface area contributed by atoms with E-state index in [-0.39, 0.29) is 28.8 Å². The van der Waals surface area contributed by atoms with Crippen LogP contribution in [-0.4, -0.2) is 22.7 Å². The number of benzene rings is 1. The molecule has 0 aliphatic rings. The summed E-state index contributed by atoms with van der Waals surface area (Å²) in [4.78, 5) is 10.4. The zero-order valence-corrected chi connectivity index (χ0v) is 12.8. The summed E-state index contributed by atoms with van der Waals surface area (Å²) in [5, 5.41) is 23.4. The summed E-state index contributed by atoms with van der Waals surface area (Å²) in [5.41, 5.74) is 0.717. The van der Waals surface area contributed by atoms with Crippen molar-refractivity contribution in [1.29, 1.82) is 0 Å². The molecule has 0 amide bonds. The van der Waals surface area contributed by atoms with Crippen LogP contribution in [0.15, 0.2) is 18.2 Å². The molecule has 1 rings (SSSR count). The van der Waals surface area contributed by atoms with Crippen molar-refractivity contribution in [2.24, 2.45) is 5.41 Å². The molecule has 6 heteroatoms. The maximum Gasteiger partial charge on any atom is 0.288 e. The molecule has 0 radical (unpaired) electrons. The van der Waals surface area contributed by atoms with Crippen LogP contribution in [0.5, 0.6) is 0 Å². The highest BCUT2D eigenvalue weighted by molar-refractivity contribution is 6.32. The Bertz CT molecular complexity index is 472. The fourth-order valence-electron chi connectivity index (χ4n) is 2.02. The van der Waals surface area contributed by atoms with Gasteiger partial charge in [0.25, 0.3) is 5.69 Å². The first-order valence-corrected chi connectivity index (χ1v) is 6.90. The molecule has 1 aromatic carbocycles. The first-order valence-electron chi connectivity index (χ1n) is 6.52. The van der Waals surface area contributed by atoms with Crippen LogP contribution in [0, 0.1) is 15.5 Å². The highest BCUT2D eigenvalue weighted by Gasteiger charge is 2.23. The van der Waals surface area contributed by atoms with Gasteiger partial charge in [-0.1, -0.05) is 38.4 Å². The molecule has 5 nitrogen and oxygen atoms in total. The number of nitro groups is 1. The van der Waals surface area contributed by atoms with Crippen molar-refractivity contribution in [3.63, 3.8) is 0 Å². The summed E-state index contributed by atoms with van der Waals surface area (Å²) in [6.07, 6.45) is 0.638. The number of halogens is 1. The number of aliphatic hydroxyl groups excluding tert-OH is 1. The molecule has 0 saturated heterocycles. The van der Waals surface area contributed by atoms with Crippen LogP contribution in [0.3, 0.4) is 0 Å². The average Bonchev–Trinajstić information content (AvgIpc) is 2.34. The molecule has 0 aromatic heterocycles. The monoisotopic (exact) mass is 300 g/mol. The standard InChI is InChI=1S/C14H21ClN2O3/c1-14(2,3)13(6-7-18)16-9-10-4-5-11(15)12(8-10)17(19)20/h4-5,8,13,16,18H,6-7,9H2,1-3H3. The lowest BCUT2D eigenvalue weighted by Gasteiger charge is -2.31. The largest absolute Gasteiger partial charge is 0.396 e. The zero-order chi connectivity index (χ0) is 15.3. The van der Waals surface area contributed by atoms with E-state index in [9.17, 15) is 10.1 Å². The maximum absolute atomic E-state index is 10.8. The predicted octanol–water partition coefficient (Wildman–Crippen LogP) is 3.13. The third-order valence-corrected chi connectivity index (χ3v) is 3.54. The first-order chi connectivity index (χ1) is 9.25. The van der Waals surface area contributed by atoms with Crippen LogP contribution in [0.2, 0.25) is 5.02 Å². The van der Waals surface area contributed by atoms with Gasteiger partial charge in [-0.15, -0.1) is 0 Å². The lowest BCUT2D eigenvalue weighted by molar-refractivity contribution is -0.384. The topological polar surface area (TPSA) is 75.4 Å². The van der Waals surface area contributed by atoms with Gasteiger partial charge in [0.15, 0.2) is 0 Å². The molecule has 0 heterocycles. The van der Waals surface area contributed by atoms with Gasteiger partial charge in [0.2, 0.25) is 0 Å². The minimum atomic E-state index is -0.485. The summed E-state index contributed by atoms with van der Waals surface area (Å²) in [7, 11) is 0. The number of rotatable bonds is 6. The minimum absolute atomic E-state index is 0.00108. The fraction of sp³-hybridized carbons (Fsp3) is 0.571. The summed E-state index contributed by atoms with van der Waals surface area (Å²) < 4.78 is 0. The molecule has 0 saturated carbocycles. The van der Waals surface area contributed by atoms with Gasteiger partial charge in [0.1, 0.15) is 5.02 Å². The summed E-state index contributed by atoms with van der Waals surface area (Å²) in [5.74, 6) is 0. The minimum Gasteiger partial charge on any atom is -0.396 e. The Morgan fingerprint density at radius 2 is 2.10 bits per heavy atom. The van der Waals surface area contributed by atoms with E-state index in [4.69, 9.17) is 16.7 Å². The van der Waals surface area contributed by atoms with Crippen molar-refractivity contribution >= 4 is 17.3 Å². The van der Waals surface area contributed by atoms with Crippen molar-refractivity contribution < 1.29 is 10.0 Å². The Hall–Kier alpha value is -1.17. The van der Waals surface area contributed by atoms with Crippen molar-refractivity contribution in [3.05, 3.63) is 38.9 Å². The lowest BCUT2D eigenvalue weighted by Crippen LogP contribution is -2.40. The highest BCUT2D eigenvalue weighted by atomic mass is 35.5. The third kappa shape index (κ3) is 4.74. The van der Waals surface area contributed by atoms with Gasteiger partial charge in [0, 0.05) is 25.3 Å². The van der Waals surface area contributed by atoms with Crippen LogP contribution < -0.4 is 5.32 Å². The molecule has 0 spiro atoms. The Balaban J connectivity index is 2.78. The molecular weight excluding hydrogens is 280 g/mol. The van der Waals surface area contributed by atoms with E-state index in [1.54, 1.807) is 6.07 Å². The van der Waals surface area contributed by atoms with Gasteiger partial charge in [-0.3, -0.25) is 10.1 Å². The molecule has 112 valence electrons. The van der Waals surface area contributed by atoms with Gasteiger partial charge in [0.05, 0.1) is 4.92 Å². The molecule has 2 N–H and O–H groups in total. The molecule has 0 fully saturated rings. The second kappa shape index (κ2) is 7.02. The van der Waals surface area contributed by atoms with Crippen molar-refractivity contribution in [1.82, 2.24) is 5.32 Å².